The van der Waals surface area contributed by atoms with Crippen molar-refractivity contribution in [3.8, 4) is 0 Å². The molecule has 1 aromatic carbocycles. The molecule has 0 bridgehead atoms. The molecular formula is C14H14Cl2N4O2. The smallest absolute Gasteiger partial charge is 0.267 e. The Labute approximate surface area is 136 Å². The number of amides is 1. The van der Waals surface area contributed by atoms with Crippen molar-refractivity contribution in [1.29, 1.82) is 0 Å². The van der Waals surface area contributed by atoms with Gasteiger partial charge in [-0.15, -0.1) is 0 Å². The van der Waals surface area contributed by atoms with Gasteiger partial charge in [-0.3, -0.25) is 14.7 Å². The largest absolute Gasteiger partial charge is 0.302 e. The quantitative estimate of drug-likeness (QED) is 0.589. The van der Waals surface area contributed by atoms with E-state index in [1.807, 2.05) is 0 Å². The molecular weight excluding hydrogens is 327 g/mol. The molecule has 8 heteroatoms. The molecule has 6 nitrogen and oxygen atoms in total. The fourth-order valence-corrected chi connectivity index (χ4v) is 2.42. The highest BCUT2D eigenvalue weighted by molar-refractivity contribution is 6.37. The maximum absolute atomic E-state index is 11.9. The second kappa shape index (κ2) is 6.81. The molecule has 1 heterocycles. The van der Waals surface area contributed by atoms with E-state index in [-0.39, 0.29) is 12.0 Å². The zero-order valence-corrected chi connectivity index (χ0v) is 13.5. The van der Waals surface area contributed by atoms with Crippen molar-refractivity contribution >= 4 is 34.8 Å². The standard InChI is InChI=1S/C14H14Cl2N4O2/c1-7(10-4-3-9(15)5-12(10)16)17-19-13(21)6-11-8(2)18-20-14(11)22/h3-5H,6H2,1-2H3,(H,19,21)(H2,18,20,22)/b17-7+. The molecule has 0 aliphatic carbocycles. The summed E-state index contributed by atoms with van der Waals surface area (Å²) in [6.07, 6.45) is -0.0597. The van der Waals surface area contributed by atoms with Gasteiger partial charge in [0.05, 0.1) is 17.2 Å². The predicted octanol–water partition coefficient (Wildman–Crippen LogP) is 2.40. The minimum Gasteiger partial charge on any atom is -0.302 e. The van der Waals surface area contributed by atoms with Crippen LogP contribution in [0.2, 0.25) is 10.0 Å². The number of aromatic nitrogens is 2. The van der Waals surface area contributed by atoms with Crippen LogP contribution in [0.3, 0.4) is 0 Å². The zero-order valence-electron chi connectivity index (χ0n) is 12.0. The Balaban J connectivity index is 2.07. The normalized spacial score (nSPS) is 11.5. The van der Waals surface area contributed by atoms with Gasteiger partial charge in [-0.2, -0.15) is 5.10 Å². The van der Waals surface area contributed by atoms with E-state index < -0.39 is 5.91 Å². The summed E-state index contributed by atoms with van der Waals surface area (Å²) in [7, 11) is 0. The molecule has 22 heavy (non-hydrogen) atoms. The first-order chi connectivity index (χ1) is 10.4. The molecule has 2 rings (SSSR count). The fourth-order valence-electron chi connectivity index (χ4n) is 1.87. The van der Waals surface area contributed by atoms with Gasteiger partial charge in [0.25, 0.3) is 5.56 Å². The number of hydrogen-bond acceptors (Lipinski definition) is 3. The van der Waals surface area contributed by atoms with E-state index in [0.29, 0.717) is 32.6 Å². The van der Waals surface area contributed by atoms with Crippen LogP contribution in [0.15, 0.2) is 28.1 Å². The lowest BCUT2D eigenvalue weighted by Gasteiger charge is -2.05. The predicted molar refractivity (Wildman–Crippen MR) is 86.7 cm³/mol. The maximum atomic E-state index is 11.9. The summed E-state index contributed by atoms with van der Waals surface area (Å²) in [5, 5.41) is 10.0. The molecule has 0 fully saturated rings. The molecule has 0 spiro atoms. The van der Waals surface area contributed by atoms with Crippen molar-refractivity contribution in [2.75, 3.05) is 0 Å². The van der Waals surface area contributed by atoms with Crippen LogP contribution in [0, 0.1) is 6.92 Å². The van der Waals surface area contributed by atoms with Crippen LogP contribution in [-0.2, 0) is 11.2 Å². The highest BCUT2D eigenvalue weighted by Gasteiger charge is 2.11. The van der Waals surface area contributed by atoms with Gasteiger partial charge in [-0.05, 0) is 26.0 Å². The number of halogens is 2. The van der Waals surface area contributed by atoms with Crippen LogP contribution < -0.4 is 11.0 Å². The van der Waals surface area contributed by atoms with E-state index in [1.54, 1.807) is 32.0 Å². The van der Waals surface area contributed by atoms with E-state index in [4.69, 9.17) is 23.2 Å². The molecule has 2 aromatic rings. The third-order valence-electron chi connectivity index (χ3n) is 3.10. The van der Waals surface area contributed by atoms with Crippen molar-refractivity contribution in [1.82, 2.24) is 15.6 Å². The third-order valence-corrected chi connectivity index (χ3v) is 3.64. The van der Waals surface area contributed by atoms with Crippen molar-refractivity contribution in [3.63, 3.8) is 0 Å². The summed E-state index contributed by atoms with van der Waals surface area (Å²) >= 11 is 11.9. The molecule has 0 saturated carbocycles. The molecule has 0 saturated heterocycles. The minimum atomic E-state index is -0.391. The molecule has 1 aromatic heterocycles. The Morgan fingerprint density at radius 2 is 2.05 bits per heavy atom. The van der Waals surface area contributed by atoms with Crippen LogP contribution in [-0.4, -0.2) is 21.8 Å². The van der Waals surface area contributed by atoms with Crippen molar-refractivity contribution in [2.45, 2.75) is 20.3 Å². The lowest BCUT2D eigenvalue weighted by atomic mass is 10.1. The number of carbonyl (C=O) groups excluding carboxylic acids is 1. The third kappa shape index (κ3) is 3.78. The number of nitrogens with one attached hydrogen (secondary N) is 3. The fraction of sp³-hybridized carbons (Fsp3) is 0.214. The first-order valence-electron chi connectivity index (χ1n) is 6.43. The number of aromatic amines is 2. The summed E-state index contributed by atoms with van der Waals surface area (Å²) in [4.78, 5) is 23.3. The maximum Gasteiger partial charge on any atom is 0.267 e. The molecule has 0 aliphatic rings. The number of nitrogens with zero attached hydrogens (tertiary/aromatic N) is 1. The van der Waals surface area contributed by atoms with Crippen LogP contribution in [0.25, 0.3) is 0 Å². The molecule has 0 atom stereocenters. The van der Waals surface area contributed by atoms with E-state index >= 15 is 0 Å². The van der Waals surface area contributed by atoms with Crippen molar-refractivity contribution in [2.24, 2.45) is 5.10 Å². The Bertz CT molecular complexity index is 792. The van der Waals surface area contributed by atoms with Crippen molar-refractivity contribution in [3.05, 3.63) is 55.4 Å². The van der Waals surface area contributed by atoms with Crippen LogP contribution in [0.5, 0.6) is 0 Å². The second-order valence-corrected chi connectivity index (χ2v) is 5.56. The monoisotopic (exact) mass is 340 g/mol. The summed E-state index contributed by atoms with van der Waals surface area (Å²) in [5.41, 5.74) is 4.31. The number of benzene rings is 1. The van der Waals surface area contributed by atoms with Gasteiger partial charge in [0, 0.05) is 21.8 Å². The van der Waals surface area contributed by atoms with Gasteiger partial charge < -0.3 is 5.10 Å². The topological polar surface area (TPSA) is 90.1 Å². The highest BCUT2D eigenvalue weighted by Crippen LogP contribution is 2.21. The number of hydrazone groups is 1. The van der Waals surface area contributed by atoms with Gasteiger partial charge >= 0.3 is 0 Å². The first-order valence-corrected chi connectivity index (χ1v) is 7.18. The summed E-state index contributed by atoms with van der Waals surface area (Å²) in [6, 6.07) is 5.00. The molecule has 0 aliphatic heterocycles. The van der Waals surface area contributed by atoms with E-state index in [1.165, 1.54) is 0 Å². The molecule has 0 unspecified atom stereocenters. The lowest BCUT2D eigenvalue weighted by Crippen LogP contribution is -2.24. The first kappa shape index (κ1) is 16.3. The molecule has 116 valence electrons. The summed E-state index contributed by atoms with van der Waals surface area (Å²) in [6.45, 7) is 3.42. The number of H-pyrrole nitrogens is 2. The Hall–Kier alpha value is -2.05. The van der Waals surface area contributed by atoms with Gasteiger partial charge in [0.1, 0.15) is 0 Å². The van der Waals surface area contributed by atoms with Gasteiger partial charge in [0.2, 0.25) is 5.91 Å². The van der Waals surface area contributed by atoms with Gasteiger partial charge in [0.15, 0.2) is 0 Å². The van der Waals surface area contributed by atoms with Crippen LogP contribution >= 0.6 is 23.2 Å². The van der Waals surface area contributed by atoms with E-state index in [9.17, 15) is 9.59 Å². The average Bonchev–Trinajstić information content (AvgIpc) is 2.76. The Morgan fingerprint density at radius 3 is 2.64 bits per heavy atom. The zero-order chi connectivity index (χ0) is 16.3. The van der Waals surface area contributed by atoms with Crippen molar-refractivity contribution < 1.29 is 4.79 Å². The average molecular weight is 341 g/mol. The number of carbonyl (C=O) groups is 1. The van der Waals surface area contributed by atoms with Gasteiger partial charge in [-0.1, -0.05) is 29.3 Å². The highest BCUT2D eigenvalue weighted by atomic mass is 35.5. The lowest BCUT2D eigenvalue weighted by molar-refractivity contribution is -0.120. The SMILES string of the molecule is C/C(=N\NC(=O)Cc1c(C)[nH][nH]c1=O)c1ccc(Cl)cc1Cl. The number of aryl methyl sites for hydroxylation is 1. The van der Waals surface area contributed by atoms with Crippen LogP contribution in [0.4, 0.5) is 0 Å². The molecule has 0 radical (unpaired) electrons. The summed E-state index contributed by atoms with van der Waals surface area (Å²) in [5.74, 6) is -0.391. The van der Waals surface area contributed by atoms with E-state index in [0.717, 1.165) is 0 Å². The van der Waals surface area contributed by atoms with Crippen LogP contribution in [0.1, 0.15) is 23.7 Å². The second-order valence-electron chi connectivity index (χ2n) is 4.72. The molecule has 3 N–H and O–H groups in total. The summed E-state index contributed by atoms with van der Waals surface area (Å²) < 4.78 is 0. The Kier molecular flexibility index (Phi) is 5.05. The van der Waals surface area contributed by atoms with Gasteiger partial charge in [-0.25, -0.2) is 5.43 Å². The Morgan fingerprint density at radius 1 is 1.32 bits per heavy atom. The minimum absolute atomic E-state index is 0.0597. The number of rotatable bonds is 4. The van der Waals surface area contributed by atoms with E-state index in [2.05, 4.69) is 20.7 Å². The molecule has 1 amide bonds. The number of hydrogen-bond donors (Lipinski definition) is 3.